The summed E-state index contributed by atoms with van der Waals surface area (Å²) in [5.41, 5.74) is 1.49. The van der Waals surface area contributed by atoms with E-state index in [4.69, 9.17) is 11.6 Å². The Hall–Kier alpha value is -2.31. The van der Waals surface area contributed by atoms with Crippen LogP contribution in [-0.4, -0.2) is 15.8 Å². The van der Waals surface area contributed by atoms with Crippen LogP contribution in [0.25, 0.3) is 5.69 Å². The van der Waals surface area contributed by atoms with Crippen molar-refractivity contribution >= 4 is 34.7 Å². The lowest BCUT2D eigenvalue weighted by Crippen LogP contribution is -2.31. The molecule has 2 N–H and O–H groups in total. The minimum absolute atomic E-state index is 0.121. The molecule has 7 heteroatoms. The summed E-state index contributed by atoms with van der Waals surface area (Å²) >= 11 is 7.38. The molecule has 23 heavy (non-hydrogen) atoms. The second-order valence-corrected chi connectivity index (χ2v) is 6.68. The minimum Gasteiger partial charge on any atom is -0.331 e. The van der Waals surface area contributed by atoms with Crippen molar-refractivity contribution in [3.8, 4) is 5.69 Å². The van der Waals surface area contributed by atoms with Gasteiger partial charge in [0.1, 0.15) is 0 Å². The molecule has 0 aliphatic rings. The number of carbonyl (C=O) groups is 1. The lowest BCUT2D eigenvalue weighted by molar-refractivity contribution is 0.249. The standard InChI is InChI=1S/C16H15ClN4OS/c1-11(14-7-8-15(17)23-14)19-16(22)20-12-5-2-3-6-13(12)21-10-4-9-18-21/h2-11H,1H3,(H2,19,20,22)/t11-/m1/s1. The third-order valence-corrected chi connectivity index (χ3v) is 4.69. The van der Waals surface area contributed by atoms with Crippen LogP contribution in [0.15, 0.2) is 54.9 Å². The fourth-order valence-electron chi connectivity index (χ4n) is 2.18. The zero-order valence-electron chi connectivity index (χ0n) is 12.4. The fraction of sp³-hybridized carbons (Fsp3) is 0.125. The van der Waals surface area contributed by atoms with E-state index in [-0.39, 0.29) is 12.1 Å². The molecule has 3 rings (SSSR count). The molecule has 0 aliphatic heterocycles. The summed E-state index contributed by atoms with van der Waals surface area (Å²) in [6.45, 7) is 1.92. The van der Waals surface area contributed by atoms with E-state index in [0.717, 1.165) is 10.6 Å². The minimum atomic E-state index is -0.276. The van der Waals surface area contributed by atoms with Gasteiger partial charge in [-0.25, -0.2) is 9.48 Å². The zero-order valence-corrected chi connectivity index (χ0v) is 13.9. The molecule has 0 fully saturated rings. The number of thiophene rings is 1. The number of amides is 2. The van der Waals surface area contributed by atoms with Gasteiger partial charge in [-0.1, -0.05) is 23.7 Å². The van der Waals surface area contributed by atoms with Crippen LogP contribution in [0.1, 0.15) is 17.8 Å². The Kier molecular flexibility index (Phi) is 4.64. The van der Waals surface area contributed by atoms with Crippen LogP contribution in [0, 0.1) is 0 Å². The number of anilines is 1. The van der Waals surface area contributed by atoms with Gasteiger partial charge in [-0.05, 0) is 37.3 Å². The van der Waals surface area contributed by atoms with Crippen LogP contribution in [0.3, 0.4) is 0 Å². The normalized spacial score (nSPS) is 11.9. The Labute approximate surface area is 142 Å². The van der Waals surface area contributed by atoms with Gasteiger partial charge in [0.25, 0.3) is 0 Å². The van der Waals surface area contributed by atoms with Crippen LogP contribution in [0.4, 0.5) is 10.5 Å². The number of halogens is 1. The number of urea groups is 1. The number of aromatic nitrogens is 2. The first-order valence-electron chi connectivity index (χ1n) is 7.05. The maximum Gasteiger partial charge on any atom is 0.319 e. The highest BCUT2D eigenvalue weighted by atomic mass is 35.5. The Morgan fingerprint density at radius 2 is 2.09 bits per heavy atom. The average Bonchev–Trinajstić information content (AvgIpc) is 3.19. The highest BCUT2D eigenvalue weighted by Gasteiger charge is 2.13. The van der Waals surface area contributed by atoms with Crippen LogP contribution in [-0.2, 0) is 0 Å². The Balaban J connectivity index is 1.71. The van der Waals surface area contributed by atoms with Gasteiger partial charge in [0.15, 0.2) is 0 Å². The number of para-hydroxylation sites is 2. The number of benzene rings is 1. The van der Waals surface area contributed by atoms with Crippen molar-refractivity contribution in [2.75, 3.05) is 5.32 Å². The predicted molar refractivity (Wildman–Crippen MR) is 93.5 cm³/mol. The number of nitrogens with zero attached hydrogens (tertiary/aromatic N) is 2. The largest absolute Gasteiger partial charge is 0.331 e. The number of hydrogen-bond donors (Lipinski definition) is 2. The summed E-state index contributed by atoms with van der Waals surface area (Å²) in [5, 5.41) is 9.97. The molecule has 0 spiro atoms. The topological polar surface area (TPSA) is 59.0 Å². The first kappa shape index (κ1) is 15.6. The van der Waals surface area contributed by atoms with Crippen molar-refractivity contribution in [3.05, 3.63) is 64.1 Å². The number of carbonyl (C=O) groups excluding carboxylic acids is 1. The first-order valence-corrected chi connectivity index (χ1v) is 8.25. The smallest absolute Gasteiger partial charge is 0.319 e. The van der Waals surface area contributed by atoms with Crippen LogP contribution >= 0.6 is 22.9 Å². The summed E-state index contributed by atoms with van der Waals surface area (Å²) in [4.78, 5) is 13.2. The number of nitrogens with one attached hydrogen (secondary N) is 2. The van der Waals surface area contributed by atoms with Crippen LogP contribution < -0.4 is 10.6 Å². The number of hydrogen-bond acceptors (Lipinski definition) is 3. The second kappa shape index (κ2) is 6.85. The fourth-order valence-corrected chi connectivity index (χ4v) is 3.24. The summed E-state index contributed by atoms with van der Waals surface area (Å²) in [6, 6.07) is 12.7. The third kappa shape index (κ3) is 3.72. The van der Waals surface area contributed by atoms with E-state index in [9.17, 15) is 4.79 Å². The molecule has 0 aliphatic carbocycles. The van der Waals surface area contributed by atoms with Crippen molar-refractivity contribution in [2.45, 2.75) is 13.0 Å². The summed E-state index contributed by atoms with van der Waals surface area (Å²) in [6.07, 6.45) is 3.52. The van der Waals surface area contributed by atoms with E-state index >= 15 is 0 Å². The molecular formula is C16H15ClN4OS. The highest BCUT2D eigenvalue weighted by molar-refractivity contribution is 7.16. The molecule has 0 saturated heterocycles. The van der Waals surface area contributed by atoms with E-state index in [1.165, 1.54) is 11.3 Å². The van der Waals surface area contributed by atoms with Crippen LogP contribution in [0.5, 0.6) is 0 Å². The van der Waals surface area contributed by atoms with Gasteiger partial charge < -0.3 is 10.6 Å². The molecule has 0 bridgehead atoms. The number of rotatable bonds is 4. The van der Waals surface area contributed by atoms with E-state index in [0.29, 0.717) is 10.0 Å². The van der Waals surface area contributed by atoms with E-state index in [1.54, 1.807) is 10.9 Å². The molecule has 1 aromatic carbocycles. The molecule has 2 aromatic heterocycles. The molecule has 0 saturated carbocycles. The molecule has 118 valence electrons. The van der Waals surface area contributed by atoms with Crippen molar-refractivity contribution in [2.24, 2.45) is 0 Å². The second-order valence-electron chi connectivity index (χ2n) is 4.93. The Morgan fingerprint density at radius 1 is 1.26 bits per heavy atom. The maximum absolute atomic E-state index is 12.2. The molecule has 2 amide bonds. The van der Waals surface area contributed by atoms with Gasteiger partial charge in [0.05, 0.1) is 21.8 Å². The lowest BCUT2D eigenvalue weighted by atomic mass is 10.2. The molecule has 0 unspecified atom stereocenters. The van der Waals surface area contributed by atoms with Gasteiger partial charge in [0.2, 0.25) is 0 Å². The Morgan fingerprint density at radius 3 is 2.78 bits per heavy atom. The molecule has 0 radical (unpaired) electrons. The van der Waals surface area contributed by atoms with Gasteiger partial charge in [-0.3, -0.25) is 0 Å². The van der Waals surface area contributed by atoms with Gasteiger partial charge in [-0.2, -0.15) is 5.10 Å². The van der Waals surface area contributed by atoms with Crippen molar-refractivity contribution in [3.63, 3.8) is 0 Å². The van der Waals surface area contributed by atoms with Crippen molar-refractivity contribution in [1.29, 1.82) is 0 Å². The van der Waals surface area contributed by atoms with E-state index in [1.807, 2.05) is 55.6 Å². The zero-order chi connectivity index (χ0) is 16.2. The van der Waals surface area contributed by atoms with E-state index in [2.05, 4.69) is 15.7 Å². The van der Waals surface area contributed by atoms with Gasteiger partial charge in [0, 0.05) is 17.3 Å². The average molecular weight is 347 g/mol. The van der Waals surface area contributed by atoms with Gasteiger partial charge in [-0.15, -0.1) is 11.3 Å². The monoisotopic (exact) mass is 346 g/mol. The quantitative estimate of drug-likeness (QED) is 0.732. The highest BCUT2D eigenvalue weighted by Crippen LogP contribution is 2.26. The lowest BCUT2D eigenvalue weighted by Gasteiger charge is -2.15. The summed E-state index contributed by atoms with van der Waals surface area (Å²) < 4.78 is 2.41. The van der Waals surface area contributed by atoms with Gasteiger partial charge >= 0.3 is 6.03 Å². The first-order chi connectivity index (χ1) is 11.1. The summed E-state index contributed by atoms with van der Waals surface area (Å²) in [5.74, 6) is 0. The molecular weight excluding hydrogens is 332 g/mol. The Bertz CT molecular complexity index is 800. The van der Waals surface area contributed by atoms with Crippen molar-refractivity contribution in [1.82, 2.24) is 15.1 Å². The predicted octanol–water partition coefficient (Wildman–Crippen LogP) is 4.47. The molecule has 1 atom stereocenters. The van der Waals surface area contributed by atoms with Crippen molar-refractivity contribution < 1.29 is 4.79 Å². The van der Waals surface area contributed by atoms with E-state index < -0.39 is 0 Å². The molecule has 3 aromatic rings. The molecule has 2 heterocycles. The van der Waals surface area contributed by atoms with Crippen LogP contribution in [0.2, 0.25) is 4.34 Å². The SMILES string of the molecule is C[C@@H](NC(=O)Nc1ccccc1-n1cccn1)c1ccc(Cl)s1. The maximum atomic E-state index is 12.2. The molecule has 5 nitrogen and oxygen atoms in total. The summed E-state index contributed by atoms with van der Waals surface area (Å²) in [7, 11) is 0. The third-order valence-electron chi connectivity index (χ3n) is 3.27.